The average molecular weight is 886 g/mol. The normalized spacial score (nSPS) is 17.3. The number of hydrogen-bond donors (Lipinski definition) is 3. The van der Waals surface area contributed by atoms with E-state index in [2.05, 4.69) is 16.0 Å². The third-order valence-electron chi connectivity index (χ3n) is 11.9. The standard InChI is InChI=1S/C48H60FN5O10/c1-33(30-50-43(56)18-11-36-9-14-40(15-10-36)52-44(57)21-24-62-26-28-63-27-25-61-23-20-35-5-3-4-6-35)53(31-37-7-12-39(49)13-8-37)45(58)32-54-46(59)48(64-47(54)60)22-19-38-29-41(51-34(2)55)16-17-42(38)48/h7-10,12-17,29,33,35H,3-6,11,18-28,30-32H2,1-2H3,(H,50,56)(H,51,55)(H,52,57)/t33-,48+/m0/s1. The Labute approximate surface area is 373 Å². The van der Waals surface area contributed by atoms with Gasteiger partial charge in [0.1, 0.15) is 12.4 Å². The highest BCUT2D eigenvalue weighted by Crippen LogP contribution is 2.46. The second kappa shape index (κ2) is 23.3. The summed E-state index contributed by atoms with van der Waals surface area (Å²) in [7, 11) is 0. The molecule has 1 aliphatic heterocycles. The molecule has 3 aliphatic rings. The minimum absolute atomic E-state index is 0.0223. The molecule has 6 amide bonds. The summed E-state index contributed by atoms with van der Waals surface area (Å²) in [5, 5.41) is 8.44. The molecule has 3 aromatic rings. The zero-order chi connectivity index (χ0) is 45.5. The van der Waals surface area contributed by atoms with E-state index >= 15 is 0 Å². The van der Waals surface area contributed by atoms with Crippen LogP contribution < -0.4 is 16.0 Å². The summed E-state index contributed by atoms with van der Waals surface area (Å²) in [6.45, 7) is 5.58. The summed E-state index contributed by atoms with van der Waals surface area (Å²) in [6.07, 6.45) is 6.91. The minimum Gasteiger partial charge on any atom is -0.427 e. The maximum absolute atomic E-state index is 14.0. The number of amides is 6. The lowest BCUT2D eigenvalue weighted by molar-refractivity contribution is -0.143. The highest BCUT2D eigenvalue weighted by molar-refractivity contribution is 6.06. The van der Waals surface area contributed by atoms with Crippen molar-refractivity contribution in [2.75, 3.05) is 63.4 Å². The van der Waals surface area contributed by atoms with Crippen LogP contribution in [0.2, 0.25) is 0 Å². The number of carbonyl (C=O) groups is 6. The number of halogens is 1. The number of carbonyl (C=O) groups excluding carboxylic acids is 6. The molecule has 1 saturated heterocycles. The molecule has 0 aromatic heterocycles. The number of hydrogen-bond acceptors (Lipinski definition) is 10. The fourth-order valence-electron chi connectivity index (χ4n) is 8.39. The predicted molar refractivity (Wildman–Crippen MR) is 235 cm³/mol. The lowest BCUT2D eigenvalue weighted by atomic mass is 9.94. The van der Waals surface area contributed by atoms with Crippen LogP contribution in [-0.4, -0.2) is 104 Å². The molecule has 1 spiro atoms. The second-order valence-corrected chi connectivity index (χ2v) is 16.7. The summed E-state index contributed by atoms with van der Waals surface area (Å²) in [6, 6.07) is 17.3. The van der Waals surface area contributed by atoms with Gasteiger partial charge in [-0.05, 0) is 85.2 Å². The summed E-state index contributed by atoms with van der Waals surface area (Å²) in [5.41, 5.74) is 2.35. The first-order valence-electron chi connectivity index (χ1n) is 22.3. The smallest absolute Gasteiger partial charge is 0.418 e. The molecule has 0 unspecified atom stereocenters. The molecule has 16 heteroatoms. The van der Waals surface area contributed by atoms with E-state index in [1.165, 1.54) is 61.8 Å². The van der Waals surface area contributed by atoms with Crippen molar-refractivity contribution < 1.29 is 52.1 Å². The SMILES string of the molecule is CC(=O)Nc1ccc2c(c1)CC[C@@]21OC(=O)N(CC(=O)N(Cc2ccc(F)cc2)[C@@H](C)CNC(=O)CCc2ccc(NC(=O)CCOCCOCCOCCC3CCCC3)cc2)C1=O. The third-order valence-corrected chi connectivity index (χ3v) is 11.9. The number of anilines is 2. The van der Waals surface area contributed by atoms with Crippen LogP contribution in [0, 0.1) is 11.7 Å². The Morgan fingerprint density at radius 2 is 1.48 bits per heavy atom. The molecule has 3 N–H and O–H groups in total. The summed E-state index contributed by atoms with van der Waals surface area (Å²) in [4.78, 5) is 80.3. The third kappa shape index (κ3) is 13.4. The van der Waals surface area contributed by atoms with Crippen molar-refractivity contribution in [3.8, 4) is 0 Å². The van der Waals surface area contributed by atoms with E-state index in [0.29, 0.717) is 61.8 Å². The number of imide groups is 1. The topological polar surface area (TPSA) is 182 Å². The Morgan fingerprint density at radius 3 is 2.19 bits per heavy atom. The Hall–Kier alpha value is -5.71. The molecule has 344 valence electrons. The molecule has 1 saturated carbocycles. The minimum atomic E-state index is -1.58. The van der Waals surface area contributed by atoms with Gasteiger partial charge in [-0.1, -0.05) is 56.0 Å². The highest BCUT2D eigenvalue weighted by Gasteiger charge is 2.58. The van der Waals surface area contributed by atoms with Gasteiger partial charge in [-0.15, -0.1) is 0 Å². The van der Waals surface area contributed by atoms with Crippen molar-refractivity contribution in [1.82, 2.24) is 15.1 Å². The van der Waals surface area contributed by atoms with Gasteiger partial charge in [0.25, 0.3) is 5.91 Å². The Bertz CT molecular complexity index is 2090. The van der Waals surface area contributed by atoms with Crippen molar-refractivity contribution in [3.63, 3.8) is 0 Å². The molecule has 3 aromatic carbocycles. The van der Waals surface area contributed by atoms with Crippen molar-refractivity contribution in [3.05, 3.63) is 94.8 Å². The molecular weight excluding hydrogens is 826 g/mol. The first kappa shape index (κ1) is 47.8. The Balaban J connectivity index is 0.913. The molecule has 1 heterocycles. The van der Waals surface area contributed by atoms with Gasteiger partial charge in [0.15, 0.2) is 0 Å². The molecule has 2 aliphatic carbocycles. The number of rotatable bonds is 24. The van der Waals surface area contributed by atoms with Gasteiger partial charge in [-0.3, -0.25) is 24.0 Å². The summed E-state index contributed by atoms with van der Waals surface area (Å²) in [5.74, 6) is -1.54. The van der Waals surface area contributed by atoms with E-state index in [9.17, 15) is 33.2 Å². The zero-order valence-corrected chi connectivity index (χ0v) is 36.8. The number of nitrogens with zero attached hydrogens (tertiary/aromatic N) is 2. The molecular formula is C48H60FN5O10. The lowest BCUT2D eigenvalue weighted by Gasteiger charge is -2.31. The van der Waals surface area contributed by atoms with Gasteiger partial charge in [-0.25, -0.2) is 14.1 Å². The predicted octanol–water partition coefficient (Wildman–Crippen LogP) is 6.03. The average Bonchev–Trinajstić information content (AvgIpc) is 3.99. The van der Waals surface area contributed by atoms with Crippen LogP contribution in [-0.2, 0) is 67.9 Å². The first-order chi connectivity index (χ1) is 30.9. The van der Waals surface area contributed by atoms with Crippen LogP contribution in [0.25, 0.3) is 0 Å². The first-order valence-corrected chi connectivity index (χ1v) is 22.3. The highest BCUT2D eigenvalue weighted by atomic mass is 19.1. The molecule has 0 bridgehead atoms. The monoisotopic (exact) mass is 885 g/mol. The number of fused-ring (bicyclic) bond motifs is 2. The van der Waals surface area contributed by atoms with E-state index in [4.69, 9.17) is 18.9 Å². The lowest BCUT2D eigenvalue weighted by Crippen LogP contribution is -2.50. The maximum Gasteiger partial charge on any atom is 0.418 e. The molecule has 0 radical (unpaired) electrons. The van der Waals surface area contributed by atoms with Gasteiger partial charge in [-0.2, -0.15) is 0 Å². The van der Waals surface area contributed by atoms with Crippen molar-refractivity contribution in [2.24, 2.45) is 5.92 Å². The van der Waals surface area contributed by atoms with E-state index in [1.54, 1.807) is 37.3 Å². The number of benzene rings is 3. The van der Waals surface area contributed by atoms with Crippen LogP contribution in [0.15, 0.2) is 66.7 Å². The maximum atomic E-state index is 14.0. The van der Waals surface area contributed by atoms with Crippen LogP contribution in [0.3, 0.4) is 0 Å². The van der Waals surface area contributed by atoms with Gasteiger partial charge in [0.2, 0.25) is 29.2 Å². The van der Waals surface area contributed by atoms with E-state index in [0.717, 1.165) is 35.0 Å². The van der Waals surface area contributed by atoms with E-state index in [1.807, 2.05) is 12.1 Å². The fraction of sp³-hybridized carbons (Fsp3) is 0.500. The van der Waals surface area contributed by atoms with Crippen LogP contribution >= 0.6 is 0 Å². The fourth-order valence-corrected chi connectivity index (χ4v) is 8.39. The number of nitrogens with one attached hydrogen (secondary N) is 3. The molecule has 64 heavy (non-hydrogen) atoms. The molecule has 2 fully saturated rings. The van der Waals surface area contributed by atoms with Crippen LogP contribution in [0.5, 0.6) is 0 Å². The van der Waals surface area contributed by atoms with Crippen molar-refractivity contribution in [1.29, 1.82) is 0 Å². The number of aryl methyl sites for hydroxylation is 2. The molecule has 6 rings (SSSR count). The molecule has 2 atom stereocenters. The van der Waals surface area contributed by atoms with Gasteiger partial charge < -0.3 is 39.8 Å². The quantitative estimate of drug-likeness (QED) is 0.0899. The van der Waals surface area contributed by atoms with Crippen molar-refractivity contribution >= 4 is 47.0 Å². The van der Waals surface area contributed by atoms with Crippen LogP contribution in [0.1, 0.15) is 87.5 Å². The largest absolute Gasteiger partial charge is 0.427 e. The van der Waals surface area contributed by atoms with E-state index < -0.39 is 41.9 Å². The molecule has 15 nitrogen and oxygen atoms in total. The van der Waals surface area contributed by atoms with Gasteiger partial charge >= 0.3 is 6.09 Å². The Morgan fingerprint density at radius 1 is 0.828 bits per heavy atom. The van der Waals surface area contributed by atoms with Gasteiger partial charge in [0, 0.05) is 62.4 Å². The van der Waals surface area contributed by atoms with Crippen LogP contribution in [0.4, 0.5) is 20.6 Å². The van der Waals surface area contributed by atoms with E-state index in [-0.39, 0.29) is 56.7 Å². The Kier molecular flexibility index (Phi) is 17.4. The summed E-state index contributed by atoms with van der Waals surface area (Å²) >= 11 is 0. The zero-order valence-electron chi connectivity index (χ0n) is 36.8. The van der Waals surface area contributed by atoms with Gasteiger partial charge in [0.05, 0.1) is 39.5 Å². The van der Waals surface area contributed by atoms with Crippen molar-refractivity contribution in [2.45, 2.75) is 96.2 Å². The number of ether oxygens (including phenoxy) is 4. The summed E-state index contributed by atoms with van der Waals surface area (Å²) < 4.78 is 36.2. The second-order valence-electron chi connectivity index (χ2n) is 16.7.